The summed E-state index contributed by atoms with van der Waals surface area (Å²) in [5.41, 5.74) is 1.89. The number of carboxylic acids is 1. The first-order valence-corrected chi connectivity index (χ1v) is 9.69. The lowest BCUT2D eigenvalue weighted by atomic mass is 9.87. The maximum Gasteiger partial charge on any atom is 0.341 e. The third-order valence-electron chi connectivity index (χ3n) is 5.28. The van der Waals surface area contributed by atoms with Gasteiger partial charge in [-0.2, -0.15) is 0 Å². The number of fused-ring (bicyclic) bond motifs is 3. The molecule has 1 aromatic carbocycles. The van der Waals surface area contributed by atoms with E-state index in [1.54, 1.807) is 14.2 Å². The van der Waals surface area contributed by atoms with Crippen LogP contribution in [0.1, 0.15) is 42.2 Å². The summed E-state index contributed by atoms with van der Waals surface area (Å²) in [7, 11) is 3.23. The maximum absolute atomic E-state index is 12.4. The topological polar surface area (TPSA) is 118 Å². The van der Waals surface area contributed by atoms with Gasteiger partial charge in [0, 0.05) is 44.0 Å². The number of hydrogen-bond acceptors (Lipinski definition) is 5. The van der Waals surface area contributed by atoms with Gasteiger partial charge >= 0.3 is 5.97 Å². The molecule has 0 radical (unpaired) electrons. The molecular weight excluding hydrogens is 390 g/mol. The fourth-order valence-electron chi connectivity index (χ4n) is 3.75. The van der Waals surface area contributed by atoms with E-state index < -0.39 is 11.4 Å². The quantitative estimate of drug-likeness (QED) is 0.657. The molecule has 1 aliphatic rings. The predicted molar refractivity (Wildman–Crippen MR) is 113 cm³/mol. The fraction of sp³-hybridized carbons (Fsp3) is 0.455. The summed E-state index contributed by atoms with van der Waals surface area (Å²) in [4.78, 5) is 23.8. The molecule has 8 heteroatoms. The molecule has 164 valence electrons. The summed E-state index contributed by atoms with van der Waals surface area (Å²) >= 11 is 0. The van der Waals surface area contributed by atoms with Crippen molar-refractivity contribution < 1.29 is 29.6 Å². The minimum absolute atomic E-state index is 0. The Morgan fingerprint density at radius 3 is 2.53 bits per heavy atom. The minimum atomic E-state index is -1.21. The number of aromatic carboxylic acids is 1. The summed E-state index contributed by atoms with van der Waals surface area (Å²) in [5.74, 6) is 0.267. The molecule has 0 fully saturated rings. The highest BCUT2D eigenvalue weighted by Crippen LogP contribution is 2.42. The van der Waals surface area contributed by atoms with E-state index in [4.69, 9.17) is 14.2 Å². The molecule has 2 heterocycles. The van der Waals surface area contributed by atoms with Crippen LogP contribution in [-0.4, -0.2) is 48.6 Å². The van der Waals surface area contributed by atoms with Crippen LogP contribution < -0.4 is 14.9 Å². The molecule has 0 amide bonds. The summed E-state index contributed by atoms with van der Waals surface area (Å²) in [6.07, 6.45) is 2.94. The second-order valence-corrected chi connectivity index (χ2v) is 7.52. The minimum Gasteiger partial charge on any atom is -0.493 e. The van der Waals surface area contributed by atoms with Gasteiger partial charge in [0.05, 0.1) is 19.4 Å². The van der Waals surface area contributed by atoms with Gasteiger partial charge in [0.25, 0.3) is 0 Å². The number of carboxylic acid groups (broad SMARTS) is 1. The SMILES string of the molecule is COCCCOc1cc2c(cc1OC)-c1cc(=O)c(C(=O)O)cn1[C@H](C(C)C)C2.O. The van der Waals surface area contributed by atoms with E-state index in [1.807, 2.05) is 16.7 Å². The molecule has 0 spiro atoms. The van der Waals surface area contributed by atoms with Gasteiger partial charge in [-0.1, -0.05) is 13.8 Å². The zero-order valence-corrected chi connectivity index (χ0v) is 17.7. The van der Waals surface area contributed by atoms with Crippen LogP contribution >= 0.6 is 0 Å². The average molecular weight is 419 g/mol. The molecule has 0 saturated carbocycles. The van der Waals surface area contributed by atoms with Crippen molar-refractivity contribution in [2.75, 3.05) is 27.4 Å². The van der Waals surface area contributed by atoms with Crippen LogP contribution in [0.4, 0.5) is 0 Å². The summed E-state index contributed by atoms with van der Waals surface area (Å²) < 4.78 is 18.4. The second-order valence-electron chi connectivity index (χ2n) is 7.52. The summed E-state index contributed by atoms with van der Waals surface area (Å²) in [5, 5.41) is 9.37. The largest absolute Gasteiger partial charge is 0.493 e. The van der Waals surface area contributed by atoms with Gasteiger partial charge in [-0.05, 0) is 30.0 Å². The van der Waals surface area contributed by atoms with Gasteiger partial charge < -0.3 is 29.4 Å². The van der Waals surface area contributed by atoms with E-state index >= 15 is 0 Å². The second kappa shape index (κ2) is 9.77. The zero-order valence-electron chi connectivity index (χ0n) is 17.7. The van der Waals surface area contributed by atoms with Crippen molar-refractivity contribution in [1.29, 1.82) is 0 Å². The number of methoxy groups -OCH3 is 2. The standard InChI is InChI=1S/C22H27NO6.H2O/c1-13(2)17-8-14-9-21(29-7-5-6-27-3)20(28-4)10-15(14)18-11-19(24)16(22(25)26)12-23(17)18;/h9-13,17H,5-8H2,1-4H3,(H,25,26);1H2/t17-;/m0./s1. The first-order chi connectivity index (χ1) is 13.9. The zero-order chi connectivity index (χ0) is 21.1. The smallest absolute Gasteiger partial charge is 0.341 e. The van der Waals surface area contributed by atoms with Crippen LogP contribution in [0.5, 0.6) is 11.5 Å². The monoisotopic (exact) mass is 419 g/mol. The molecule has 1 aromatic heterocycles. The molecule has 0 aliphatic carbocycles. The van der Waals surface area contributed by atoms with Crippen LogP contribution in [0.25, 0.3) is 11.3 Å². The van der Waals surface area contributed by atoms with Crippen LogP contribution in [0.2, 0.25) is 0 Å². The van der Waals surface area contributed by atoms with Crippen molar-refractivity contribution >= 4 is 5.97 Å². The molecule has 8 nitrogen and oxygen atoms in total. The first-order valence-electron chi connectivity index (χ1n) is 9.69. The van der Waals surface area contributed by atoms with Crippen molar-refractivity contribution in [3.8, 4) is 22.8 Å². The van der Waals surface area contributed by atoms with Crippen molar-refractivity contribution in [3.63, 3.8) is 0 Å². The van der Waals surface area contributed by atoms with Gasteiger partial charge in [0.1, 0.15) is 5.56 Å². The molecule has 0 unspecified atom stereocenters. The van der Waals surface area contributed by atoms with Crippen molar-refractivity contribution in [3.05, 3.63) is 45.7 Å². The molecule has 1 aliphatic heterocycles. The average Bonchev–Trinajstić information content (AvgIpc) is 2.69. The first kappa shape index (κ1) is 23.4. The van der Waals surface area contributed by atoms with Crippen LogP contribution in [-0.2, 0) is 11.2 Å². The Bertz CT molecular complexity index is 965. The predicted octanol–water partition coefficient (Wildman–Crippen LogP) is 2.57. The third kappa shape index (κ3) is 4.49. The Morgan fingerprint density at radius 2 is 1.93 bits per heavy atom. The Balaban J connectivity index is 0.00000320. The number of hydrogen-bond donors (Lipinski definition) is 1. The van der Waals surface area contributed by atoms with E-state index in [0.29, 0.717) is 36.8 Å². The van der Waals surface area contributed by atoms with Crippen molar-refractivity contribution in [2.24, 2.45) is 5.92 Å². The molecule has 2 aromatic rings. The van der Waals surface area contributed by atoms with Crippen LogP contribution in [0.15, 0.2) is 29.2 Å². The van der Waals surface area contributed by atoms with Gasteiger partial charge in [0.15, 0.2) is 16.9 Å². The number of nitrogens with zero attached hydrogens (tertiary/aromatic N) is 1. The summed E-state index contributed by atoms with van der Waals surface area (Å²) in [6, 6.07) is 5.28. The molecule has 1 atom stereocenters. The lowest BCUT2D eigenvalue weighted by molar-refractivity contribution is 0.0694. The Labute approximate surface area is 175 Å². The molecule has 0 bridgehead atoms. The highest BCUT2D eigenvalue weighted by molar-refractivity contribution is 5.87. The number of ether oxygens (including phenoxy) is 3. The number of rotatable bonds is 8. The van der Waals surface area contributed by atoms with E-state index in [0.717, 1.165) is 17.5 Å². The number of benzene rings is 1. The lowest BCUT2D eigenvalue weighted by Crippen LogP contribution is -2.28. The lowest BCUT2D eigenvalue weighted by Gasteiger charge is -2.33. The molecule has 3 rings (SSSR count). The molecule has 30 heavy (non-hydrogen) atoms. The van der Waals surface area contributed by atoms with Gasteiger partial charge in [-0.15, -0.1) is 0 Å². The van der Waals surface area contributed by atoms with Crippen LogP contribution in [0.3, 0.4) is 0 Å². The fourth-order valence-corrected chi connectivity index (χ4v) is 3.75. The van der Waals surface area contributed by atoms with Crippen molar-refractivity contribution in [1.82, 2.24) is 4.57 Å². The van der Waals surface area contributed by atoms with E-state index in [2.05, 4.69) is 13.8 Å². The Hall–Kier alpha value is -2.84. The van der Waals surface area contributed by atoms with E-state index in [-0.39, 0.29) is 23.0 Å². The van der Waals surface area contributed by atoms with E-state index in [9.17, 15) is 14.7 Å². The number of aromatic nitrogens is 1. The molecule has 3 N–H and O–H groups in total. The summed E-state index contributed by atoms with van der Waals surface area (Å²) in [6.45, 7) is 5.30. The van der Waals surface area contributed by atoms with Crippen molar-refractivity contribution in [2.45, 2.75) is 32.7 Å². The highest BCUT2D eigenvalue weighted by atomic mass is 16.5. The van der Waals surface area contributed by atoms with Gasteiger partial charge in [-0.3, -0.25) is 4.79 Å². The van der Waals surface area contributed by atoms with E-state index in [1.165, 1.54) is 12.3 Å². The Morgan fingerprint density at radius 1 is 1.20 bits per heavy atom. The van der Waals surface area contributed by atoms with Crippen LogP contribution in [0, 0.1) is 5.92 Å². The molecular formula is C22H29NO7. The number of carbonyl (C=O) groups is 1. The number of pyridine rings is 1. The Kier molecular flexibility index (Phi) is 7.64. The highest BCUT2D eigenvalue weighted by Gasteiger charge is 2.29. The molecule has 0 saturated heterocycles. The normalized spacial score (nSPS) is 14.5. The maximum atomic E-state index is 12.4. The van der Waals surface area contributed by atoms with Gasteiger partial charge in [-0.25, -0.2) is 4.79 Å². The van der Waals surface area contributed by atoms with Gasteiger partial charge in [0.2, 0.25) is 0 Å². The third-order valence-corrected chi connectivity index (χ3v) is 5.28.